The number of hydrogen-bond acceptors (Lipinski definition) is 3. The minimum atomic E-state index is -3.83. The molecule has 14 heavy (non-hydrogen) atoms. The molecule has 0 bridgehead atoms. The quantitative estimate of drug-likeness (QED) is 0.786. The van der Waals surface area contributed by atoms with Crippen molar-refractivity contribution in [3.05, 3.63) is 23.8 Å². The smallest absolute Gasteiger partial charge is 0.238 e. The maximum Gasteiger partial charge on any atom is 0.238 e. The lowest BCUT2D eigenvalue weighted by Crippen LogP contribution is -2.14. The summed E-state index contributed by atoms with van der Waals surface area (Å²) in [6.45, 7) is -0.650. The van der Waals surface area contributed by atoms with Gasteiger partial charge in [-0.1, -0.05) is 0 Å². The van der Waals surface area contributed by atoms with Crippen LogP contribution in [0.25, 0.3) is 0 Å². The highest BCUT2D eigenvalue weighted by atomic mass is 32.2. The maximum absolute atomic E-state index is 11.0. The Balaban J connectivity index is 3.33. The van der Waals surface area contributed by atoms with Gasteiger partial charge < -0.3 is 4.74 Å². The average Bonchev–Trinajstić information content (AvgIpc) is 2.15. The van der Waals surface area contributed by atoms with E-state index < -0.39 is 16.6 Å². The molecular formula is C8H10NO4S. The molecule has 77 valence electrons. The van der Waals surface area contributed by atoms with E-state index in [0.717, 1.165) is 0 Å². The minimum Gasteiger partial charge on any atom is -0.497 e. The van der Waals surface area contributed by atoms with E-state index >= 15 is 0 Å². The Morgan fingerprint density at radius 1 is 1.43 bits per heavy atom. The van der Waals surface area contributed by atoms with Gasteiger partial charge in [-0.15, -0.1) is 0 Å². The van der Waals surface area contributed by atoms with Crippen molar-refractivity contribution in [1.29, 1.82) is 0 Å². The lowest BCUT2D eigenvalue weighted by atomic mass is 10.2. The van der Waals surface area contributed by atoms with Gasteiger partial charge in [-0.05, 0) is 18.2 Å². The zero-order chi connectivity index (χ0) is 10.8. The summed E-state index contributed by atoms with van der Waals surface area (Å²) in [6, 6.07) is 4.08. The van der Waals surface area contributed by atoms with Crippen LogP contribution in [0.1, 0.15) is 5.56 Å². The Hall–Kier alpha value is -1.11. The van der Waals surface area contributed by atoms with E-state index in [1.807, 2.05) is 0 Å². The highest BCUT2D eigenvalue weighted by Gasteiger charge is 2.14. The first kappa shape index (κ1) is 11.0. The topological polar surface area (TPSA) is 89.3 Å². The van der Waals surface area contributed by atoms with Crippen LogP contribution in [0.4, 0.5) is 0 Å². The molecule has 0 aliphatic carbocycles. The van der Waals surface area contributed by atoms with Gasteiger partial charge in [0, 0.05) is 5.56 Å². The molecule has 1 aromatic carbocycles. The third-order valence-corrected chi connectivity index (χ3v) is 2.74. The van der Waals surface area contributed by atoms with E-state index in [9.17, 15) is 13.5 Å². The van der Waals surface area contributed by atoms with Crippen LogP contribution in [-0.4, -0.2) is 15.5 Å². The second-order valence-electron chi connectivity index (χ2n) is 2.66. The van der Waals surface area contributed by atoms with Crippen LogP contribution in [0.2, 0.25) is 0 Å². The molecular weight excluding hydrogens is 206 g/mol. The molecule has 1 rings (SSSR count). The Bertz CT molecular complexity index is 427. The highest BCUT2D eigenvalue weighted by Crippen LogP contribution is 2.20. The third kappa shape index (κ3) is 2.22. The molecule has 0 saturated carbocycles. The summed E-state index contributed by atoms with van der Waals surface area (Å²) in [5.41, 5.74) is 0.117. The third-order valence-electron chi connectivity index (χ3n) is 1.73. The van der Waals surface area contributed by atoms with E-state index in [-0.39, 0.29) is 10.5 Å². The molecule has 0 unspecified atom stereocenters. The lowest BCUT2D eigenvalue weighted by molar-refractivity contribution is 0.175. The Morgan fingerprint density at radius 2 is 2.07 bits per heavy atom. The molecule has 0 heterocycles. The zero-order valence-corrected chi connectivity index (χ0v) is 8.37. The molecule has 0 aliphatic rings. The standard InChI is InChI=1S/C8H10NO4S/c1-13-7-2-3-8(14(9,11)12)6(4-7)5-10/h2-4H,5H2,1H3,(H2,9,11,12). The molecule has 0 fully saturated rings. The first-order valence-corrected chi connectivity index (χ1v) is 5.31. The van der Waals surface area contributed by atoms with Crippen molar-refractivity contribution in [1.82, 2.24) is 0 Å². The number of hydrogen-bond donors (Lipinski definition) is 1. The van der Waals surface area contributed by atoms with Crippen LogP contribution >= 0.6 is 0 Å². The highest BCUT2D eigenvalue weighted by molar-refractivity contribution is 7.89. The van der Waals surface area contributed by atoms with Crippen molar-refractivity contribution in [2.75, 3.05) is 7.11 Å². The normalized spacial score (nSPS) is 11.4. The number of rotatable bonds is 3. The summed E-state index contributed by atoms with van der Waals surface area (Å²) in [6.07, 6.45) is 0. The average molecular weight is 216 g/mol. The zero-order valence-electron chi connectivity index (χ0n) is 7.56. The van der Waals surface area contributed by atoms with Crippen LogP contribution in [0, 0.1) is 0 Å². The van der Waals surface area contributed by atoms with Crippen molar-refractivity contribution < 1.29 is 18.3 Å². The molecule has 1 aromatic rings. The van der Waals surface area contributed by atoms with E-state index in [1.54, 1.807) is 0 Å². The molecule has 2 N–H and O–H groups in total. The minimum absolute atomic E-state index is 0.117. The molecule has 1 radical (unpaired) electrons. The van der Waals surface area contributed by atoms with Crippen LogP contribution < -0.4 is 9.88 Å². The van der Waals surface area contributed by atoms with Crippen LogP contribution in [0.15, 0.2) is 23.1 Å². The molecule has 0 aromatic heterocycles. The molecule has 0 spiro atoms. The van der Waals surface area contributed by atoms with Gasteiger partial charge in [0.2, 0.25) is 10.0 Å². The van der Waals surface area contributed by atoms with Crippen LogP contribution in [0.5, 0.6) is 5.75 Å². The van der Waals surface area contributed by atoms with Crippen molar-refractivity contribution in [2.45, 2.75) is 11.5 Å². The van der Waals surface area contributed by atoms with Crippen molar-refractivity contribution in [2.24, 2.45) is 5.14 Å². The van der Waals surface area contributed by atoms with Crippen molar-refractivity contribution in [3.63, 3.8) is 0 Å². The van der Waals surface area contributed by atoms with Gasteiger partial charge in [0.05, 0.1) is 12.0 Å². The molecule has 6 heteroatoms. The monoisotopic (exact) mass is 216 g/mol. The lowest BCUT2D eigenvalue weighted by Gasteiger charge is -2.06. The van der Waals surface area contributed by atoms with Gasteiger partial charge in [0.1, 0.15) is 12.4 Å². The van der Waals surface area contributed by atoms with Crippen LogP contribution in [0.3, 0.4) is 0 Å². The van der Waals surface area contributed by atoms with E-state index in [1.165, 1.54) is 25.3 Å². The first-order chi connectivity index (χ1) is 6.49. The molecule has 0 amide bonds. The first-order valence-electron chi connectivity index (χ1n) is 3.77. The number of sulfonamides is 1. The fourth-order valence-corrected chi connectivity index (χ4v) is 1.81. The summed E-state index contributed by atoms with van der Waals surface area (Å²) < 4.78 is 26.9. The summed E-state index contributed by atoms with van der Waals surface area (Å²) in [5, 5.41) is 15.6. The maximum atomic E-state index is 11.0. The van der Waals surface area contributed by atoms with Gasteiger partial charge in [0.15, 0.2) is 0 Å². The summed E-state index contributed by atoms with van der Waals surface area (Å²) in [5.74, 6) is 0.434. The molecule has 5 nitrogen and oxygen atoms in total. The van der Waals surface area contributed by atoms with Crippen molar-refractivity contribution >= 4 is 10.0 Å². The Morgan fingerprint density at radius 3 is 2.50 bits per heavy atom. The number of methoxy groups -OCH3 is 1. The van der Waals surface area contributed by atoms with Gasteiger partial charge >= 0.3 is 0 Å². The Kier molecular flexibility index (Phi) is 3.10. The molecule has 0 atom stereocenters. The van der Waals surface area contributed by atoms with Gasteiger partial charge in [0.25, 0.3) is 0 Å². The van der Waals surface area contributed by atoms with Crippen LogP contribution in [-0.2, 0) is 21.7 Å². The van der Waals surface area contributed by atoms with Gasteiger partial charge in [-0.3, -0.25) is 0 Å². The largest absolute Gasteiger partial charge is 0.497 e. The summed E-state index contributed by atoms with van der Waals surface area (Å²) in [4.78, 5) is -0.145. The predicted octanol–water partition coefficient (Wildman–Crippen LogP) is 0.273. The number of nitrogens with two attached hydrogens (primary N) is 1. The fourth-order valence-electron chi connectivity index (χ4n) is 1.07. The number of primary sulfonamides is 1. The number of ether oxygens (including phenoxy) is 1. The molecule has 0 aliphatic heterocycles. The van der Waals surface area contributed by atoms with Crippen molar-refractivity contribution in [3.8, 4) is 5.75 Å². The van der Waals surface area contributed by atoms with Gasteiger partial charge in [-0.2, -0.15) is 0 Å². The van der Waals surface area contributed by atoms with Gasteiger partial charge in [-0.25, -0.2) is 18.7 Å². The summed E-state index contributed by atoms with van der Waals surface area (Å²) in [7, 11) is -2.40. The van der Waals surface area contributed by atoms with E-state index in [0.29, 0.717) is 5.75 Å². The fraction of sp³-hybridized carbons (Fsp3) is 0.250. The SMILES string of the molecule is COc1ccc(S(N)(=O)=O)c(C[O])c1. The van der Waals surface area contributed by atoms with E-state index in [4.69, 9.17) is 9.88 Å². The van der Waals surface area contributed by atoms with E-state index in [2.05, 4.69) is 0 Å². The predicted molar refractivity (Wildman–Crippen MR) is 48.8 cm³/mol. The Labute approximate surface area is 82.2 Å². The second kappa shape index (κ2) is 3.95. The second-order valence-corrected chi connectivity index (χ2v) is 4.19. The summed E-state index contributed by atoms with van der Waals surface area (Å²) >= 11 is 0. The number of benzene rings is 1. The molecule has 0 saturated heterocycles.